The minimum atomic E-state index is -0.359. The van der Waals surface area contributed by atoms with Crippen LogP contribution in [0.2, 0.25) is 0 Å². The van der Waals surface area contributed by atoms with Gasteiger partial charge in [-0.05, 0) is 17.2 Å². The molecule has 80 valence electrons. The second-order valence-corrected chi connectivity index (χ2v) is 2.99. The number of rotatable bonds is 4. The van der Waals surface area contributed by atoms with Crippen LogP contribution in [0.1, 0.15) is 11.1 Å². The SMILES string of the molecule is COCc1ccccc1/C=C/C(=O)OC. The van der Waals surface area contributed by atoms with E-state index in [-0.39, 0.29) is 5.97 Å². The summed E-state index contributed by atoms with van der Waals surface area (Å²) in [4.78, 5) is 10.9. The molecule has 0 unspecified atom stereocenters. The first kappa shape index (κ1) is 11.5. The van der Waals surface area contributed by atoms with E-state index in [4.69, 9.17) is 4.74 Å². The Bertz CT molecular complexity index is 356. The van der Waals surface area contributed by atoms with Crippen molar-refractivity contribution in [2.45, 2.75) is 6.61 Å². The maximum absolute atomic E-state index is 10.9. The maximum Gasteiger partial charge on any atom is 0.330 e. The summed E-state index contributed by atoms with van der Waals surface area (Å²) in [6, 6.07) is 7.73. The van der Waals surface area contributed by atoms with Gasteiger partial charge >= 0.3 is 5.97 Å². The molecule has 0 aliphatic heterocycles. The molecule has 0 amide bonds. The zero-order chi connectivity index (χ0) is 11.1. The van der Waals surface area contributed by atoms with E-state index in [1.807, 2.05) is 24.3 Å². The smallest absolute Gasteiger partial charge is 0.330 e. The van der Waals surface area contributed by atoms with Crippen molar-refractivity contribution >= 4 is 12.0 Å². The molecule has 3 nitrogen and oxygen atoms in total. The molecule has 1 aromatic carbocycles. The van der Waals surface area contributed by atoms with Crippen molar-refractivity contribution in [3.05, 3.63) is 41.5 Å². The quantitative estimate of drug-likeness (QED) is 0.558. The van der Waals surface area contributed by atoms with Gasteiger partial charge in [0.05, 0.1) is 13.7 Å². The molecule has 15 heavy (non-hydrogen) atoms. The number of carbonyl (C=O) groups is 1. The highest BCUT2D eigenvalue weighted by Crippen LogP contribution is 2.11. The number of methoxy groups -OCH3 is 2. The van der Waals surface area contributed by atoms with Gasteiger partial charge in [-0.25, -0.2) is 4.79 Å². The Hall–Kier alpha value is -1.61. The van der Waals surface area contributed by atoms with Gasteiger partial charge in [0, 0.05) is 13.2 Å². The van der Waals surface area contributed by atoms with Crippen LogP contribution in [0.25, 0.3) is 6.08 Å². The number of ether oxygens (including phenoxy) is 2. The van der Waals surface area contributed by atoms with Crippen LogP contribution in [0.4, 0.5) is 0 Å². The Balaban J connectivity index is 2.83. The van der Waals surface area contributed by atoms with E-state index < -0.39 is 0 Å². The first-order valence-electron chi connectivity index (χ1n) is 4.61. The van der Waals surface area contributed by atoms with Crippen molar-refractivity contribution in [2.75, 3.05) is 14.2 Å². The molecule has 0 heterocycles. The Morgan fingerprint density at radius 1 is 1.33 bits per heavy atom. The Morgan fingerprint density at radius 3 is 2.73 bits per heavy atom. The van der Waals surface area contributed by atoms with Gasteiger partial charge < -0.3 is 9.47 Å². The lowest BCUT2D eigenvalue weighted by molar-refractivity contribution is -0.134. The molecule has 0 bridgehead atoms. The van der Waals surface area contributed by atoms with E-state index in [0.717, 1.165) is 11.1 Å². The van der Waals surface area contributed by atoms with E-state index in [1.165, 1.54) is 13.2 Å². The highest BCUT2D eigenvalue weighted by Gasteiger charge is 1.98. The molecular formula is C12H14O3. The molecule has 0 fully saturated rings. The van der Waals surface area contributed by atoms with Crippen molar-refractivity contribution in [3.8, 4) is 0 Å². The molecule has 3 heteroatoms. The van der Waals surface area contributed by atoms with E-state index in [0.29, 0.717) is 6.61 Å². The topological polar surface area (TPSA) is 35.5 Å². The van der Waals surface area contributed by atoms with Crippen LogP contribution >= 0.6 is 0 Å². The first-order chi connectivity index (χ1) is 7.27. The van der Waals surface area contributed by atoms with Crippen LogP contribution < -0.4 is 0 Å². The summed E-state index contributed by atoms with van der Waals surface area (Å²) in [5, 5.41) is 0. The average Bonchev–Trinajstić information content (AvgIpc) is 2.28. The van der Waals surface area contributed by atoms with E-state index in [9.17, 15) is 4.79 Å². The van der Waals surface area contributed by atoms with Crippen molar-refractivity contribution in [1.29, 1.82) is 0 Å². The Kier molecular flexibility index (Phi) is 4.57. The van der Waals surface area contributed by atoms with Crippen LogP contribution in [0.5, 0.6) is 0 Å². The summed E-state index contributed by atoms with van der Waals surface area (Å²) in [6.45, 7) is 0.529. The molecule has 1 aromatic rings. The molecule has 0 radical (unpaired) electrons. The van der Waals surface area contributed by atoms with Gasteiger partial charge in [0.25, 0.3) is 0 Å². The van der Waals surface area contributed by atoms with Crippen LogP contribution in [0, 0.1) is 0 Å². The van der Waals surface area contributed by atoms with E-state index in [1.54, 1.807) is 13.2 Å². The van der Waals surface area contributed by atoms with Gasteiger partial charge in [-0.1, -0.05) is 24.3 Å². The summed E-state index contributed by atoms with van der Waals surface area (Å²) in [6.07, 6.45) is 3.12. The maximum atomic E-state index is 10.9. The summed E-state index contributed by atoms with van der Waals surface area (Å²) in [5.74, 6) is -0.359. The van der Waals surface area contributed by atoms with Crippen molar-refractivity contribution < 1.29 is 14.3 Å². The fourth-order valence-electron chi connectivity index (χ4n) is 1.21. The summed E-state index contributed by atoms with van der Waals surface area (Å²) >= 11 is 0. The fraction of sp³-hybridized carbons (Fsp3) is 0.250. The summed E-state index contributed by atoms with van der Waals surface area (Å²) in [7, 11) is 2.99. The molecule has 1 rings (SSSR count). The molecule has 0 aliphatic rings. The molecule has 0 spiro atoms. The van der Waals surface area contributed by atoms with Gasteiger partial charge in [0.2, 0.25) is 0 Å². The zero-order valence-corrected chi connectivity index (χ0v) is 8.90. The number of carbonyl (C=O) groups excluding carboxylic acids is 1. The molecule has 0 saturated carbocycles. The molecule has 0 aromatic heterocycles. The lowest BCUT2D eigenvalue weighted by Crippen LogP contribution is -1.95. The third kappa shape index (κ3) is 3.56. The predicted molar refractivity (Wildman–Crippen MR) is 58.2 cm³/mol. The lowest BCUT2D eigenvalue weighted by Gasteiger charge is -2.03. The van der Waals surface area contributed by atoms with Gasteiger partial charge in [0.1, 0.15) is 0 Å². The lowest BCUT2D eigenvalue weighted by atomic mass is 10.1. The van der Waals surface area contributed by atoms with Crippen molar-refractivity contribution in [3.63, 3.8) is 0 Å². The van der Waals surface area contributed by atoms with Gasteiger partial charge in [-0.3, -0.25) is 0 Å². The van der Waals surface area contributed by atoms with Gasteiger partial charge in [0.15, 0.2) is 0 Å². The largest absolute Gasteiger partial charge is 0.466 e. The normalized spacial score (nSPS) is 10.5. The molecule has 0 aliphatic carbocycles. The molecular weight excluding hydrogens is 192 g/mol. The third-order valence-electron chi connectivity index (χ3n) is 1.96. The van der Waals surface area contributed by atoms with Crippen LogP contribution in [0.3, 0.4) is 0 Å². The van der Waals surface area contributed by atoms with E-state index in [2.05, 4.69) is 4.74 Å². The van der Waals surface area contributed by atoms with E-state index >= 15 is 0 Å². The second-order valence-electron chi connectivity index (χ2n) is 2.99. The molecule has 0 N–H and O–H groups in total. The van der Waals surface area contributed by atoms with Crippen LogP contribution in [-0.4, -0.2) is 20.2 Å². The number of hydrogen-bond donors (Lipinski definition) is 0. The van der Waals surface area contributed by atoms with Crippen LogP contribution in [0.15, 0.2) is 30.3 Å². The highest BCUT2D eigenvalue weighted by molar-refractivity contribution is 5.87. The summed E-state index contributed by atoms with van der Waals surface area (Å²) < 4.78 is 9.57. The average molecular weight is 206 g/mol. The van der Waals surface area contributed by atoms with Gasteiger partial charge in [-0.2, -0.15) is 0 Å². The van der Waals surface area contributed by atoms with Gasteiger partial charge in [-0.15, -0.1) is 0 Å². The van der Waals surface area contributed by atoms with Crippen molar-refractivity contribution in [2.24, 2.45) is 0 Å². The zero-order valence-electron chi connectivity index (χ0n) is 8.90. The van der Waals surface area contributed by atoms with Crippen molar-refractivity contribution in [1.82, 2.24) is 0 Å². The molecule has 0 saturated heterocycles. The Morgan fingerprint density at radius 2 is 2.07 bits per heavy atom. The summed E-state index contributed by atoms with van der Waals surface area (Å²) in [5.41, 5.74) is 2.00. The third-order valence-corrected chi connectivity index (χ3v) is 1.96. The minimum Gasteiger partial charge on any atom is -0.466 e. The standard InChI is InChI=1S/C12H14O3/c1-14-9-11-6-4-3-5-10(11)7-8-12(13)15-2/h3-8H,9H2,1-2H3/b8-7+. The minimum absolute atomic E-state index is 0.359. The van der Waals surface area contributed by atoms with Crippen LogP contribution in [-0.2, 0) is 20.9 Å². The molecule has 0 atom stereocenters. The monoisotopic (exact) mass is 206 g/mol. The number of hydrogen-bond acceptors (Lipinski definition) is 3. The fourth-order valence-corrected chi connectivity index (χ4v) is 1.21. The first-order valence-corrected chi connectivity index (χ1v) is 4.61. The Labute approximate surface area is 89.3 Å². The second kappa shape index (κ2) is 5.98. The number of benzene rings is 1. The number of esters is 1. The highest BCUT2D eigenvalue weighted by atomic mass is 16.5. The predicted octanol–water partition coefficient (Wildman–Crippen LogP) is 2.02.